The molecule has 0 amide bonds. The lowest BCUT2D eigenvalue weighted by Gasteiger charge is -2.09. The minimum absolute atomic E-state index is 0.105. The van der Waals surface area contributed by atoms with Crippen LogP contribution < -0.4 is 0 Å². The van der Waals surface area contributed by atoms with E-state index in [1.54, 1.807) is 0 Å². The maximum absolute atomic E-state index is 10.6. The number of rotatable bonds is 3. The summed E-state index contributed by atoms with van der Waals surface area (Å²) in [6, 6.07) is 4.02. The Bertz CT molecular complexity index is 359. The van der Waals surface area contributed by atoms with Crippen LogP contribution in [0.4, 0.5) is 0 Å². The number of benzene rings is 1. The van der Waals surface area contributed by atoms with Gasteiger partial charge in [-0.05, 0) is 30.5 Å². The highest BCUT2D eigenvalue weighted by Crippen LogP contribution is 2.19. The molecular weight excluding hydrogens is 244 g/mol. The van der Waals surface area contributed by atoms with E-state index in [1.807, 2.05) is 19.9 Å². The summed E-state index contributed by atoms with van der Waals surface area (Å²) < 4.78 is 0. The zero-order valence-electron chi connectivity index (χ0n) is 8.30. The van der Waals surface area contributed by atoms with Crippen molar-refractivity contribution in [1.29, 1.82) is 0 Å². The second-order valence-corrected chi connectivity index (χ2v) is 3.97. The first-order chi connectivity index (χ1) is 6.54. The average Bonchev–Trinajstić information content (AvgIpc) is 2.09. The van der Waals surface area contributed by atoms with E-state index >= 15 is 0 Å². The molecule has 1 aromatic carbocycles. The zero-order chi connectivity index (χ0) is 10.7. The molecule has 0 atom stereocenters. The van der Waals surface area contributed by atoms with Crippen LogP contribution in [-0.4, -0.2) is 11.1 Å². The Labute approximate surface area is 92.1 Å². The molecule has 0 aliphatic heterocycles. The van der Waals surface area contributed by atoms with Gasteiger partial charge >= 0.3 is 5.97 Å². The highest BCUT2D eigenvalue weighted by molar-refractivity contribution is 9.08. The van der Waals surface area contributed by atoms with Crippen molar-refractivity contribution >= 4 is 21.9 Å². The molecule has 0 aromatic heterocycles. The molecule has 0 radical (unpaired) electrons. The number of carbonyl (C=O) groups is 1. The van der Waals surface area contributed by atoms with Crippen molar-refractivity contribution in [1.82, 2.24) is 0 Å². The third-order valence-corrected chi connectivity index (χ3v) is 2.86. The van der Waals surface area contributed by atoms with Crippen molar-refractivity contribution in [3.05, 3.63) is 34.4 Å². The minimum atomic E-state index is -0.778. The van der Waals surface area contributed by atoms with Gasteiger partial charge in [-0.15, -0.1) is 0 Å². The van der Waals surface area contributed by atoms with E-state index in [0.717, 1.165) is 22.0 Å². The fourth-order valence-electron chi connectivity index (χ4n) is 1.50. The van der Waals surface area contributed by atoms with E-state index in [4.69, 9.17) is 5.11 Å². The molecule has 0 fully saturated rings. The van der Waals surface area contributed by atoms with Crippen LogP contribution in [-0.2, 0) is 16.5 Å². The summed E-state index contributed by atoms with van der Waals surface area (Å²) in [5.74, 6) is -0.778. The number of carboxylic acids is 1. The smallest absolute Gasteiger partial charge is 0.307 e. The lowest BCUT2D eigenvalue weighted by atomic mass is 9.98. The minimum Gasteiger partial charge on any atom is -0.481 e. The number of aliphatic carboxylic acids is 1. The molecule has 0 aliphatic carbocycles. The van der Waals surface area contributed by atoms with E-state index < -0.39 is 5.97 Å². The van der Waals surface area contributed by atoms with Crippen LogP contribution in [0.5, 0.6) is 0 Å². The van der Waals surface area contributed by atoms with Crippen molar-refractivity contribution in [2.24, 2.45) is 0 Å². The topological polar surface area (TPSA) is 37.3 Å². The molecule has 14 heavy (non-hydrogen) atoms. The number of halogens is 1. The van der Waals surface area contributed by atoms with Crippen LogP contribution in [0, 0.1) is 13.8 Å². The van der Waals surface area contributed by atoms with Gasteiger partial charge in [-0.1, -0.05) is 33.6 Å². The van der Waals surface area contributed by atoms with Crippen molar-refractivity contribution in [3.8, 4) is 0 Å². The summed E-state index contributed by atoms with van der Waals surface area (Å²) in [5.41, 5.74) is 4.27. The normalized spacial score (nSPS) is 10.2. The van der Waals surface area contributed by atoms with Gasteiger partial charge in [0.05, 0.1) is 6.42 Å². The van der Waals surface area contributed by atoms with Crippen molar-refractivity contribution in [2.75, 3.05) is 0 Å². The Morgan fingerprint density at radius 1 is 1.36 bits per heavy atom. The maximum Gasteiger partial charge on any atom is 0.307 e. The number of aryl methyl sites for hydroxylation is 1. The summed E-state index contributed by atoms with van der Waals surface area (Å²) in [6.45, 7) is 3.95. The van der Waals surface area contributed by atoms with Gasteiger partial charge in [0.25, 0.3) is 0 Å². The first-order valence-electron chi connectivity index (χ1n) is 4.41. The van der Waals surface area contributed by atoms with Crippen LogP contribution >= 0.6 is 15.9 Å². The number of alkyl halides is 1. The highest BCUT2D eigenvalue weighted by Gasteiger charge is 2.08. The zero-order valence-corrected chi connectivity index (χ0v) is 9.89. The van der Waals surface area contributed by atoms with Crippen molar-refractivity contribution in [2.45, 2.75) is 25.6 Å². The number of carboxylic acid groups (broad SMARTS) is 1. The Hall–Kier alpha value is -0.830. The number of hydrogen-bond donors (Lipinski definition) is 1. The number of hydrogen-bond acceptors (Lipinski definition) is 1. The van der Waals surface area contributed by atoms with Crippen molar-refractivity contribution < 1.29 is 9.90 Å². The molecule has 0 unspecified atom stereocenters. The largest absolute Gasteiger partial charge is 0.481 e. The van der Waals surface area contributed by atoms with Gasteiger partial charge in [-0.25, -0.2) is 0 Å². The molecule has 0 bridgehead atoms. The summed E-state index contributed by atoms with van der Waals surface area (Å²) >= 11 is 3.40. The third kappa shape index (κ3) is 2.58. The fraction of sp³-hybridized carbons (Fsp3) is 0.364. The molecule has 0 heterocycles. The molecule has 1 rings (SSSR count). The van der Waals surface area contributed by atoms with Gasteiger partial charge in [-0.2, -0.15) is 0 Å². The summed E-state index contributed by atoms with van der Waals surface area (Å²) in [4.78, 5) is 10.6. The van der Waals surface area contributed by atoms with Gasteiger partial charge in [0, 0.05) is 5.33 Å². The van der Waals surface area contributed by atoms with Crippen LogP contribution in [0.2, 0.25) is 0 Å². The first-order valence-corrected chi connectivity index (χ1v) is 5.53. The molecule has 76 valence electrons. The Morgan fingerprint density at radius 3 is 2.43 bits per heavy atom. The first kappa shape index (κ1) is 11.2. The lowest BCUT2D eigenvalue weighted by Crippen LogP contribution is -2.04. The molecule has 2 nitrogen and oxygen atoms in total. The standard InChI is InChI=1S/C11H13BrO2/c1-7-3-9(5-11(13)14)8(2)10(4-7)6-12/h3-4H,5-6H2,1-2H3,(H,13,14). The molecule has 0 saturated carbocycles. The van der Waals surface area contributed by atoms with E-state index in [9.17, 15) is 4.79 Å². The van der Waals surface area contributed by atoms with E-state index in [1.165, 1.54) is 5.56 Å². The van der Waals surface area contributed by atoms with E-state index in [2.05, 4.69) is 22.0 Å². The summed E-state index contributed by atoms with van der Waals surface area (Å²) in [7, 11) is 0. The maximum atomic E-state index is 10.6. The Balaban J connectivity index is 3.15. The Kier molecular flexibility index (Phi) is 3.69. The lowest BCUT2D eigenvalue weighted by molar-refractivity contribution is -0.136. The van der Waals surface area contributed by atoms with Crippen molar-refractivity contribution in [3.63, 3.8) is 0 Å². The van der Waals surface area contributed by atoms with Gasteiger partial charge in [0.2, 0.25) is 0 Å². The predicted octanol–water partition coefficient (Wildman–Crippen LogP) is 2.83. The average molecular weight is 257 g/mol. The predicted molar refractivity (Wildman–Crippen MR) is 59.9 cm³/mol. The van der Waals surface area contributed by atoms with Crippen LogP contribution in [0.15, 0.2) is 12.1 Å². The highest BCUT2D eigenvalue weighted by atomic mass is 79.9. The molecule has 0 saturated heterocycles. The quantitative estimate of drug-likeness (QED) is 0.845. The molecule has 0 spiro atoms. The van der Waals surface area contributed by atoms with Gasteiger partial charge in [-0.3, -0.25) is 4.79 Å². The molecule has 0 aliphatic rings. The molecule has 3 heteroatoms. The van der Waals surface area contributed by atoms with Crippen LogP contribution in [0.1, 0.15) is 22.3 Å². The van der Waals surface area contributed by atoms with Gasteiger partial charge in [0.15, 0.2) is 0 Å². The summed E-state index contributed by atoms with van der Waals surface area (Å²) in [5, 5.41) is 9.51. The second-order valence-electron chi connectivity index (χ2n) is 3.41. The van der Waals surface area contributed by atoms with E-state index in [0.29, 0.717) is 0 Å². The summed E-state index contributed by atoms with van der Waals surface area (Å²) in [6.07, 6.45) is 0.105. The molecular formula is C11H13BrO2. The van der Waals surface area contributed by atoms with Gasteiger partial charge in [0.1, 0.15) is 0 Å². The van der Waals surface area contributed by atoms with Gasteiger partial charge < -0.3 is 5.11 Å². The molecule has 1 aromatic rings. The SMILES string of the molecule is Cc1cc(CBr)c(C)c(CC(=O)O)c1. The Morgan fingerprint density at radius 2 is 1.93 bits per heavy atom. The fourth-order valence-corrected chi connectivity index (χ4v) is 2.08. The molecule has 1 N–H and O–H groups in total. The van der Waals surface area contributed by atoms with Crippen LogP contribution in [0.25, 0.3) is 0 Å². The third-order valence-electron chi connectivity index (χ3n) is 2.25. The van der Waals surface area contributed by atoms with Crippen LogP contribution in [0.3, 0.4) is 0 Å². The second kappa shape index (κ2) is 4.60. The monoisotopic (exact) mass is 256 g/mol. The van der Waals surface area contributed by atoms with E-state index in [-0.39, 0.29) is 6.42 Å².